The largest absolute Gasteiger partial charge is 0.256 e. The Morgan fingerprint density at radius 2 is 0.867 bits per heavy atom. The summed E-state index contributed by atoms with van der Waals surface area (Å²) >= 11 is 25.9. The van der Waals surface area contributed by atoms with Crippen molar-refractivity contribution in [1.29, 1.82) is 0 Å². The third-order valence-corrected chi connectivity index (χ3v) is 22.2. The van der Waals surface area contributed by atoms with Crippen molar-refractivity contribution in [3.05, 3.63) is 0 Å². The fourth-order valence-electron chi connectivity index (χ4n) is 0.809. The predicted octanol–water partition coefficient (Wildman–Crippen LogP) is 5.97. The SMILES string of the molecule is CC(C)(C)[Si](Cl)(Cl)C[Si](Cl)(Cl)C(C)(C)C. The number of halogens is 4. The van der Waals surface area contributed by atoms with Crippen molar-refractivity contribution in [2.45, 2.75) is 57.3 Å². The minimum Gasteiger partial charge on any atom is -0.145 e. The molecule has 0 aliphatic heterocycles. The van der Waals surface area contributed by atoms with E-state index in [1.54, 1.807) is 0 Å². The lowest BCUT2D eigenvalue weighted by Gasteiger charge is -2.39. The van der Waals surface area contributed by atoms with Gasteiger partial charge in [0.05, 0.1) is 0 Å². The van der Waals surface area contributed by atoms with Crippen LogP contribution >= 0.6 is 44.3 Å². The summed E-state index contributed by atoms with van der Waals surface area (Å²) in [7, 11) is 0. The molecule has 15 heavy (non-hydrogen) atoms. The zero-order chi connectivity index (χ0) is 12.7. The average molecular weight is 326 g/mol. The van der Waals surface area contributed by atoms with E-state index < -0.39 is 13.4 Å². The first kappa shape index (κ1) is 16.6. The van der Waals surface area contributed by atoms with Crippen molar-refractivity contribution in [3.63, 3.8) is 0 Å². The standard InChI is InChI=1S/C9H20Cl4Si2/c1-8(2,3)14(10,11)7-15(12,13)9(4,5)6/h7H2,1-6H3. The highest BCUT2D eigenvalue weighted by molar-refractivity contribution is 7.57. The lowest BCUT2D eigenvalue weighted by Crippen LogP contribution is -2.44. The van der Waals surface area contributed by atoms with Gasteiger partial charge in [-0.05, 0) is 15.7 Å². The average Bonchev–Trinajstić information content (AvgIpc) is 1.77. The van der Waals surface area contributed by atoms with Crippen molar-refractivity contribution in [1.82, 2.24) is 0 Å². The Labute approximate surface area is 114 Å². The fraction of sp³-hybridized carbons (Fsp3) is 1.00. The summed E-state index contributed by atoms with van der Waals surface area (Å²) in [5.74, 6) is 0. The molecule has 0 nitrogen and oxygen atoms in total. The lowest BCUT2D eigenvalue weighted by molar-refractivity contribution is 0.729. The molecule has 0 saturated carbocycles. The quantitative estimate of drug-likeness (QED) is 0.433. The Morgan fingerprint density at radius 1 is 0.667 bits per heavy atom. The molecule has 0 unspecified atom stereocenters. The van der Waals surface area contributed by atoms with Crippen LogP contribution in [-0.2, 0) is 0 Å². The number of hydrogen-bond donors (Lipinski definition) is 0. The van der Waals surface area contributed by atoms with Gasteiger partial charge in [0.1, 0.15) is 0 Å². The molecule has 0 fully saturated rings. The van der Waals surface area contributed by atoms with E-state index in [2.05, 4.69) is 41.5 Å². The molecule has 0 aromatic heterocycles. The summed E-state index contributed by atoms with van der Waals surface area (Å²) in [4.78, 5) is 0. The molecule has 0 aliphatic carbocycles. The Balaban J connectivity index is 4.89. The zero-order valence-electron chi connectivity index (χ0n) is 10.2. The van der Waals surface area contributed by atoms with E-state index in [1.165, 1.54) is 0 Å². The van der Waals surface area contributed by atoms with Crippen molar-refractivity contribution in [2.75, 3.05) is 0 Å². The van der Waals surface area contributed by atoms with E-state index in [0.717, 1.165) is 0 Å². The monoisotopic (exact) mass is 324 g/mol. The minimum atomic E-state index is -2.41. The second-order valence-corrected chi connectivity index (χ2v) is 22.2. The maximum Gasteiger partial charge on any atom is 0.256 e. The van der Waals surface area contributed by atoms with E-state index in [4.69, 9.17) is 44.3 Å². The van der Waals surface area contributed by atoms with E-state index in [9.17, 15) is 0 Å². The first-order valence-corrected chi connectivity index (χ1v) is 13.4. The van der Waals surface area contributed by atoms with Crippen LogP contribution in [0.4, 0.5) is 0 Å². The zero-order valence-corrected chi connectivity index (χ0v) is 15.2. The second-order valence-electron chi connectivity index (χ2n) is 6.09. The van der Waals surface area contributed by atoms with E-state index in [-0.39, 0.29) is 10.1 Å². The molecule has 6 heteroatoms. The van der Waals surface area contributed by atoms with Crippen molar-refractivity contribution >= 4 is 57.7 Å². The summed E-state index contributed by atoms with van der Waals surface area (Å²) in [5.41, 5.74) is 0.610. The van der Waals surface area contributed by atoms with E-state index in [1.807, 2.05) is 0 Å². The Kier molecular flexibility index (Phi) is 5.19. The first-order valence-electron chi connectivity index (χ1n) is 4.96. The summed E-state index contributed by atoms with van der Waals surface area (Å²) in [6.45, 7) is 7.52. The topological polar surface area (TPSA) is 0 Å². The van der Waals surface area contributed by atoms with Crippen LogP contribution in [0.25, 0.3) is 0 Å². The summed E-state index contributed by atoms with van der Waals surface area (Å²) in [6, 6.07) is 0. The van der Waals surface area contributed by atoms with Gasteiger partial charge in [0, 0.05) is 0 Å². The van der Waals surface area contributed by atoms with Crippen LogP contribution in [0.3, 0.4) is 0 Å². The van der Waals surface area contributed by atoms with Gasteiger partial charge in [0.25, 0.3) is 13.4 Å². The highest BCUT2D eigenvalue weighted by Gasteiger charge is 2.53. The molecule has 0 aliphatic rings. The summed E-state index contributed by atoms with van der Waals surface area (Å²) in [5, 5.41) is -0.188. The van der Waals surface area contributed by atoms with Crippen LogP contribution in [0, 0.1) is 0 Å². The van der Waals surface area contributed by atoms with Crippen LogP contribution in [-0.4, -0.2) is 13.4 Å². The first-order chi connectivity index (χ1) is 6.21. The van der Waals surface area contributed by atoms with Crippen LogP contribution < -0.4 is 0 Å². The molecule has 0 atom stereocenters. The van der Waals surface area contributed by atoms with Crippen LogP contribution in [0.5, 0.6) is 0 Å². The van der Waals surface area contributed by atoms with Gasteiger partial charge in [-0.3, -0.25) is 0 Å². The van der Waals surface area contributed by atoms with Crippen LogP contribution in [0.15, 0.2) is 0 Å². The molecule has 0 rings (SSSR count). The fourth-order valence-corrected chi connectivity index (χ4v) is 17.0. The maximum atomic E-state index is 6.47. The van der Waals surface area contributed by atoms with Gasteiger partial charge < -0.3 is 0 Å². The molecule has 0 saturated heterocycles. The molecule has 0 bridgehead atoms. The Hall–Kier alpha value is 1.59. The van der Waals surface area contributed by atoms with Gasteiger partial charge in [-0.15, -0.1) is 44.3 Å². The van der Waals surface area contributed by atoms with Crippen molar-refractivity contribution in [3.8, 4) is 0 Å². The highest BCUT2D eigenvalue weighted by Crippen LogP contribution is 2.54. The normalized spacial score (nSPS) is 15.6. The molecule has 0 N–H and O–H groups in total. The molecular formula is C9H20Cl4Si2. The molecule has 92 valence electrons. The van der Waals surface area contributed by atoms with Gasteiger partial charge in [-0.2, -0.15) is 0 Å². The highest BCUT2D eigenvalue weighted by atomic mass is 35.7. The molecule has 0 aromatic rings. The van der Waals surface area contributed by atoms with E-state index >= 15 is 0 Å². The van der Waals surface area contributed by atoms with Gasteiger partial charge >= 0.3 is 0 Å². The number of rotatable bonds is 2. The van der Waals surface area contributed by atoms with Gasteiger partial charge in [0.2, 0.25) is 0 Å². The minimum absolute atomic E-state index is 0.0939. The maximum absolute atomic E-state index is 6.47. The van der Waals surface area contributed by atoms with Gasteiger partial charge in [-0.25, -0.2) is 0 Å². The van der Waals surface area contributed by atoms with E-state index in [0.29, 0.717) is 5.67 Å². The molecule has 0 aromatic carbocycles. The molecule has 0 spiro atoms. The number of hydrogen-bond acceptors (Lipinski definition) is 0. The lowest BCUT2D eigenvalue weighted by atomic mass is 10.2. The molecule has 0 radical (unpaired) electrons. The van der Waals surface area contributed by atoms with Gasteiger partial charge in [-0.1, -0.05) is 41.5 Å². The smallest absolute Gasteiger partial charge is 0.145 e. The predicted molar refractivity (Wildman–Crippen MR) is 79.2 cm³/mol. The summed E-state index contributed by atoms with van der Waals surface area (Å²) < 4.78 is 0. The third-order valence-electron chi connectivity index (χ3n) is 2.64. The Morgan fingerprint density at radius 3 is 1.00 bits per heavy atom. The molecule has 0 amide bonds. The Bertz CT molecular complexity index is 201. The summed E-state index contributed by atoms with van der Waals surface area (Å²) in [6.07, 6.45) is 0. The van der Waals surface area contributed by atoms with Crippen molar-refractivity contribution < 1.29 is 0 Å². The molecule has 0 heterocycles. The molecular weight excluding hydrogens is 306 g/mol. The third kappa shape index (κ3) is 4.40. The van der Waals surface area contributed by atoms with Crippen molar-refractivity contribution in [2.24, 2.45) is 0 Å². The van der Waals surface area contributed by atoms with Gasteiger partial charge in [0.15, 0.2) is 0 Å². The second kappa shape index (κ2) is 4.70. The van der Waals surface area contributed by atoms with Crippen LogP contribution in [0.2, 0.25) is 15.7 Å². The van der Waals surface area contributed by atoms with Crippen LogP contribution in [0.1, 0.15) is 41.5 Å².